The maximum Gasteiger partial charge on any atom is 0.331 e. The number of aliphatic carboxylic acids is 1. The van der Waals surface area contributed by atoms with Crippen molar-refractivity contribution in [2.75, 3.05) is 14.2 Å². The van der Waals surface area contributed by atoms with Gasteiger partial charge < -0.3 is 14.6 Å². The third-order valence-corrected chi connectivity index (χ3v) is 1.12. The SMILES string of the molecule is COC(=O)C(C(=O)O)C(=O)OC. The van der Waals surface area contributed by atoms with Gasteiger partial charge in [-0.25, -0.2) is 0 Å². The minimum Gasteiger partial charge on any atom is -0.480 e. The van der Waals surface area contributed by atoms with Crippen LogP contribution in [0.2, 0.25) is 0 Å². The summed E-state index contributed by atoms with van der Waals surface area (Å²) >= 11 is 0. The molecular formula is C6H8O6. The van der Waals surface area contributed by atoms with E-state index in [9.17, 15) is 14.4 Å². The van der Waals surface area contributed by atoms with E-state index in [-0.39, 0.29) is 0 Å². The first-order chi connectivity index (χ1) is 5.54. The Morgan fingerprint density at radius 1 is 1.08 bits per heavy atom. The van der Waals surface area contributed by atoms with E-state index in [4.69, 9.17) is 5.11 Å². The van der Waals surface area contributed by atoms with E-state index in [2.05, 4.69) is 9.47 Å². The molecule has 0 aliphatic heterocycles. The molecule has 0 aromatic carbocycles. The van der Waals surface area contributed by atoms with Gasteiger partial charge in [-0.3, -0.25) is 14.4 Å². The molecular weight excluding hydrogens is 168 g/mol. The van der Waals surface area contributed by atoms with Crippen molar-refractivity contribution < 1.29 is 29.0 Å². The molecule has 1 N–H and O–H groups in total. The molecule has 0 saturated heterocycles. The fourth-order valence-corrected chi connectivity index (χ4v) is 0.534. The molecule has 0 fully saturated rings. The molecule has 6 heteroatoms. The molecule has 6 nitrogen and oxygen atoms in total. The van der Waals surface area contributed by atoms with Gasteiger partial charge in [0.15, 0.2) is 0 Å². The highest BCUT2D eigenvalue weighted by atomic mass is 16.5. The minimum absolute atomic E-state index is 0.987. The molecule has 68 valence electrons. The van der Waals surface area contributed by atoms with Crippen molar-refractivity contribution in [2.24, 2.45) is 5.92 Å². The molecule has 0 aromatic heterocycles. The Labute approximate surface area is 68.1 Å². The van der Waals surface area contributed by atoms with Crippen LogP contribution in [0.3, 0.4) is 0 Å². The predicted molar refractivity (Wildman–Crippen MR) is 35.2 cm³/mol. The second kappa shape index (κ2) is 4.32. The van der Waals surface area contributed by atoms with E-state index < -0.39 is 23.8 Å². The summed E-state index contributed by atoms with van der Waals surface area (Å²) in [7, 11) is 1.97. The average molecular weight is 176 g/mol. The number of carbonyl (C=O) groups excluding carboxylic acids is 2. The van der Waals surface area contributed by atoms with E-state index in [1.54, 1.807) is 0 Å². The summed E-state index contributed by atoms with van der Waals surface area (Å²) in [5.74, 6) is -5.77. The molecule has 0 heterocycles. The van der Waals surface area contributed by atoms with Gasteiger partial charge in [0.1, 0.15) is 0 Å². The first-order valence-corrected chi connectivity index (χ1v) is 2.93. The van der Waals surface area contributed by atoms with Crippen LogP contribution in [-0.4, -0.2) is 37.2 Å². The van der Waals surface area contributed by atoms with Crippen LogP contribution in [-0.2, 0) is 23.9 Å². The van der Waals surface area contributed by atoms with Crippen molar-refractivity contribution in [3.8, 4) is 0 Å². The normalized spacial score (nSPS) is 9.25. The Balaban J connectivity index is 4.55. The van der Waals surface area contributed by atoms with Crippen molar-refractivity contribution >= 4 is 17.9 Å². The monoisotopic (exact) mass is 176 g/mol. The number of hydrogen-bond donors (Lipinski definition) is 1. The zero-order valence-corrected chi connectivity index (χ0v) is 6.57. The number of carboxylic acids is 1. The van der Waals surface area contributed by atoms with Crippen LogP contribution in [0.1, 0.15) is 0 Å². The maximum atomic E-state index is 10.6. The van der Waals surface area contributed by atoms with Crippen molar-refractivity contribution in [2.45, 2.75) is 0 Å². The Morgan fingerprint density at radius 2 is 1.42 bits per heavy atom. The molecule has 0 aromatic rings. The number of carboxylic acid groups (broad SMARTS) is 1. The van der Waals surface area contributed by atoms with Crippen molar-refractivity contribution in [3.05, 3.63) is 0 Å². The standard InChI is InChI=1S/C6H8O6/c1-11-5(9)3(4(7)8)6(10)12-2/h3H,1-2H3,(H,7,8). The lowest BCUT2D eigenvalue weighted by Crippen LogP contribution is -2.33. The van der Waals surface area contributed by atoms with Crippen LogP contribution in [0.25, 0.3) is 0 Å². The first-order valence-electron chi connectivity index (χ1n) is 2.93. The lowest BCUT2D eigenvalue weighted by atomic mass is 10.1. The van der Waals surface area contributed by atoms with Crippen molar-refractivity contribution in [3.63, 3.8) is 0 Å². The van der Waals surface area contributed by atoms with Crippen LogP contribution in [0, 0.1) is 5.92 Å². The molecule has 0 aliphatic rings. The molecule has 0 spiro atoms. The number of carbonyl (C=O) groups is 3. The highest BCUT2D eigenvalue weighted by molar-refractivity contribution is 6.11. The number of methoxy groups -OCH3 is 2. The van der Waals surface area contributed by atoms with E-state index in [0.29, 0.717) is 0 Å². The van der Waals surface area contributed by atoms with Gasteiger partial charge in [0.05, 0.1) is 14.2 Å². The highest BCUT2D eigenvalue weighted by Crippen LogP contribution is 2.01. The molecule has 0 amide bonds. The van der Waals surface area contributed by atoms with Gasteiger partial charge in [-0.15, -0.1) is 0 Å². The van der Waals surface area contributed by atoms with E-state index in [0.717, 1.165) is 14.2 Å². The van der Waals surface area contributed by atoms with Crippen molar-refractivity contribution in [1.29, 1.82) is 0 Å². The van der Waals surface area contributed by atoms with E-state index >= 15 is 0 Å². The molecule has 0 unspecified atom stereocenters. The second-order valence-corrected chi connectivity index (χ2v) is 1.82. The average Bonchev–Trinajstić information content (AvgIpc) is 2.03. The van der Waals surface area contributed by atoms with Crippen LogP contribution >= 0.6 is 0 Å². The van der Waals surface area contributed by atoms with Gasteiger partial charge in [0.25, 0.3) is 5.92 Å². The quantitative estimate of drug-likeness (QED) is 0.439. The Bertz CT molecular complexity index is 192. The van der Waals surface area contributed by atoms with Crippen molar-refractivity contribution in [1.82, 2.24) is 0 Å². The Morgan fingerprint density at radius 3 is 1.58 bits per heavy atom. The zero-order chi connectivity index (χ0) is 9.72. The second-order valence-electron chi connectivity index (χ2n) is 1.82. The minimum atomic E-state index is -1.89. The predicted octanol–water partition coefficient (Wildman–Crippen LogP) is -0.967. The Hall–Kier alpha value is -1.59. The number of ether oxygens (including phenoxy) is 2. The molecule has 0 bridgehead atoms. The van der Waals surface area contributed by atoms with Gasteiger partial charge >= 0.3 is 17.9 Å². The summed E-state index contributed by atoms with van der Waals surface area (Å²) in [6.45, 7) is 0. The van der Waals surface area contributed by atoms with Gasteiger partial charge in [0.2, 0.25) is 0 Å². The summed E-state index contributed by atoms with van der Waals surface area (Å²) in [5, 5.41) is 8.37. The number of rotatable bonds is 3. The zero-order valence-electron chi connectivity index (χ0n) is 6.57. The third-order valence-electron chi connectivity index (χ3n) is 1.12. The lowest BCUT2D eigenvalue weighted by Gasteiger charge is -2.06. The molecule has 0 radical (unpaired) electrons. The highest BCUT2D eigenvalue weighted by Gasteiger charge is 2.35. The summed E-state index contributed by atoms with van der Waals surface area (Å²) in [6.07, 6.45) is 0. The van der Waals surface area contributed by atoms with E-state index in [1.807, 2.05) is 0 Å². The first kappa shape index (κ1) is 10.4. The van der Waals surface area contributed by atoms with Crippen LogP contribution in [0.15, 0.2) is 0 Å². The van der Waals surface area contributed by atoms with Crippen LogP contribution in [0.4, 0.5) is 0 Å². The van der Waals surface area contributed by atoms with Gasteiger partial charge in [-0.1, -0.05) is 0 Å². The largest absolute Gasteiger partial charge is 0.480 e. The molecule has 12 heavy (non-hydrogen) atoms. The van der Waals surface area contributed by atoms with Gasteiger partial charge in [-0.2, -0.15) is 0 Å². The molecule has 0 saturated carbocycles. The summed E-state index contributed by atoms with van der Waals surface area (Å²) in [4.78, 5) is 31.6. The smallest absolute Gasteiger partial charge is 0.331 e. The molecule has 0 aliphatic carbocycles. The molecule has 0 rings (SSSR count). The fourth-order valence-electron chi connectivity index (χ4n) is 0.534. The number of hydrogen-bond acceptors (Lipinski definition) is 5. The fraction of sp³-hybridized carbons (Fsp3) is 0.500. The van der Waals surface area contributed by atoms with Gasteiger partial charge in [-0.05, 0) is 0 Å². The van der Waals surface area contributed by atoms with E-state index in [1.165, 1.54) is 0 Å². The Kier molecular flexibility index (Phi) is 3.75. The lowest BCUT2D eigenvalue weighted by molar-refractivity contribution is -0.167. The number of esters is 2. The molecule has 0 atom stereocenters. The summed E-state index contributed by atoms with van der Waals surface area (Å²) in [6, 6.07) is 0. The topological polar surface area (TPSA) is 89.9 Å². The summed E-state index contributed by atoms with van der Waals surface area (Å²) < 4.78 is 8.15. The summed E-state index contributed by atoms with van der Waals surface area (Å²) in [5.41, 5.74) is 0. The third kappa shape index (κ3) is 2.22. The maximum absolute atomic E-state index is 10.6. The van der Waals surface area contributed by atoms with Crippen LogP contribution < -0.4 is 0 Å². The van der Waals surface area contributed by atoms with Gasteiger partial charge in [0, 0.05) is 0 Å². The van der Waals surface area contributed by atoms with Crippen LogP contribution in [0.5, 0.6) is 0 Å².